The van der Waals surface area contributed by atoms with Gasteiger partial charge in [-0.15, -0.1) is 0 Å². The molecule has 0 aliphatic rings. The van der Waals surface area contributed by atoms with Crippen LogP contribution >= 0.6 is 15.9 Å². The van der Waals surface area contributed by atoms with Crippen LogP contribution < -0.4 is 0 Å². The van der Waals surface area contributed by atoms with Crippen molar-refractivity contribution in [3.05, 3.63) is 16.4 Å². The molecule has 1 rings (SSSR count). The largest absolute Gasteiger partial charge is 0.384 e. The number of methoxy groups -OCH3 is 2. The predicted molar refractivity (Wildman–Crippen MR) is 72.3 cm³/mol. The van der Waals surface area contributed by atoms with Crippen molar-refractivity contribution >= 4 is 15.9 Å². The van der Waals surface area contributed by atoms with E-state index in [1.165, 1.54) is 0 Å². The molecule has 0 aromatic carbocycles. The van der Waals surface area contributed by atoms with Crippen molar-refractivity contribution in [1.29, 1.82) is 0 Å². The van der Waals surface area contributed by atoms with E-state index in [0.29, 0.717) is 6.42 Å². The summed E-state index contributed by atoms with van der Waals surface area (Å²) in [5.41, 5.74) is -0.354. The Hall–Kier alpha value is -0.430. The smallest absolute Gasteiger partial charge is 0.159 e. The van der Waals surface area contributed by atoms with Crippen LogP contribution in [0.1, 0.15) is 38.9 Å². The third kappa shape index (κ3) is 3.32. The fourth-order valence-corrected chi connectivity index (χ4v) is 2.62. The maximum atomic E-state index is 10.7. The first-order valence-electron chi connectivity index (χ1n) is 5.85. The van der Waals surface area contributed by atoms with Gasteiger partial charge in [-0.2, -0.15) is 5.10 Å². The molecular formula is C12H21BrN2O3. The second-order valence-electron chi connectivity index (χ2n) is 4.76. The third-order valence-electron chi connectivity index (χ3n) is 2.84. The molecule has 0 bridgehead atoms. The van der Waals surface area contributed by atoms with Crippen LogP contribution in [0.4, 0.5) is 0 Å². The highest BCUT2D eigenvalue weighted by molar-refractivity contribution is 9.10. The molecular weight excluding hydrogens is 300 g/mol. The van der Waals surface area contributed by atoms with Crippen molar-refractivity contribution in [3.63, 3.8) is 0 Å². The van der Waals surface area contributed by atoms with Crippen molar-refractivity contribution in [3.8, 4) is 0 Å². The van der Waals surface area contributed by atoms with Crippen LogP contribution in [0.3, 0.4) is 0 Å². The van der Waals surface area contributed by atoms with Gasteiger partial charge in [0.2, 0.25) is 0 Å². The minimum absolute atomic E-state index is 0.168. The van der Waals surface area contributed by atoms with Crippen LogP contribution in [0, 0.1) is 0 Å². The lowest BCUT2D eigenvalue weighted by Gasteiger charge is -2.29. The average molecular weight is 321 g/mol. The monoisotopic (exact) mass is 320 g/mol. The van der Waals surface area contributed by atoms with Crippen molar-refractivity contribution in [2.75, 3.05) is 14.2 Å². The van der Waals surface area contributed by atoms with E-state index in [1.54, 1.807) is 32.0 Å². The zero-order chi connectivity index (χ0) is 13.9. The molecule has 6 heteroatoms. The number of nitrogens with zero attached hydrogens (tertiary/aromatic N) is 2. The SMILES string of the molecule is COC(CC(C)(O)c1c(Br)cnn1C(C)C)OC. The summed E-state index contributed by atoms with van der Waals surface area (Å²) in [5.74, 6) is 0. The fraction of sp³-hybridized carbons (Fsp3) is 0.750. The van der Waals surface area contributed by atoms with E-state index in [4.69, 9.17) is 9.47 Å². The number of hydrogen-bond donors (Lipinski definition) is 1. The zero-order valence-corrected chi connectivity index (χ0v) is 13.1. The first-order chi connectivity index (χ1) is 8.33. The molecule has 1 heterocycles. The van der Waals surface area contributed by atoms with E-state index >= 15 is 0 Å². The summed E-state index contributed by atoms with van der Waals surface area (Å²) in [7, 11) is 3.11. The molecule has 0 radical (unpaired) electrons. The molecule has 0 saturated heterocycles. The normalized spacial score (nSPS) is 15.4. The number of halogens is 1. The third-order valence-corrected chi connectivity index (χ3v) is 3.42. The summed E-state index contributed by atoms with van der Waals surface area (Å²) >= 11 is 3.43. The Morgan fingerprint density at radius 2 is 2.00 bits per heavy atom. The lowest BCUT2D eigenvalue weighted by Crippen LogP contribution is -2.32. The van der Waals surface area contributed by atoms with Gasteiger partial charge in [0.15, 0.2) is 6.29 Å². The maximum Gasteiger partial charge on any atom is 0.159 e. The van der Waals surface area contributed by atoms with Crippen molar-refractivity contribution < 1.29 is 14.6 Å². The highest BCUT2D eigenvalue weighted by Gasteiger charge is 2.33. The highest BCUT2D eigenvalue weighted by atomic mass is 79.9. The molecule has 1 N–H and O–H groups in total. The summed E-state index contributed by atoms with van der Waals surface area (Å²) in [6.45, 7) is 5.77. The molecule has 0 aliphatic heterocycles. The maximum absolute atomic E-state index is 10.7. The van der Waals surface area contributed by atoms with E-state index < -0.39 is 11.9 Å². The Labute approximate surface area is 116 Å². The van der Waals surface area contributed by atoms with Gasteiger partial charge >= 0.3 is 0 Å². The van der Waals surface area contributed by atoms with Gasteiger partial charge in [-0.3, -0.25) is 4.68 Å². The molecule has 18 heavy (non-hydrogen) atoms. The summed E-state index contributed by atoms with van der Waals surface area (Å²) in [4.78, 5) is 0. The summed E-state index contributed by atoms with van der Waals surface area (Å²) < 4.78 is 12.9. The topological polar surface area (TPSA) is 56.5 Å². The first kappa shape index (κ1) is 15.6. The van der Waals surface area contributed by atoms with Gasteiger partial charge in [-0.05, 0) is 36.7 Å². The average Bonchev–Trinajstić information content (AvgIpc) is 2.69. The second kappa shape index (κ2) is 6.14. The lowest BCUT2D eigenvalue weighted by atomic mass is 9.97. The Balaban J connectivity index is 3.07. The minimum atomic E-state index is -1.09. The second-order valence-corrected chi connectivity index (χ2v) is 5.61. The number of aromatic nitrogens is 2. The van der Waals surface area contributed by atoms with Crippen molar-refractivity contribution in [1.82, 2.24) is 9.78 Å². The zero-order valence-electron chi connectivity index (χ0n) is 11.5. The van der Waals surface area contributed by atoms with Gasteiger partial charge in [-0.25, -0.2) is 0 Å². The van der Waals surface area contributed by atoms with E-state index in [0.717, 1.165) is 10.2 Å². The molecule has 0 fully saturated rings. The van der Waals surface area contributed by atoms with Gasteiger partial charge in [0.25, 0.3) is 0 Å². The van der Waals surface area contributed by atoms with Crippen molar-refractivity contribution in [2.45, 2.75) is 45.1 Å². The van der Waals surface area contributed by atoms with Gasteiger partial charge < -0.3 is 14.6 Å². The predicted octanol–water partition coefficient (Wildman–Crippen LogP) is 2.44. The molecule has 104 valence electrons. The molecule has 1 unspecified atom stereocenters. The van der Waals surface area contributed by atoms with Gasteiger partial charge in [0.05, 0.1) is 16.4 Å². The van der Waals surface area contributed by atoms with E-state index in [9.17, 15) is 5.11 Å². The molecule has 0 spiro atoms. The van der Waals surface area contributed by atoms with Crippen LogP contribution in [-0.4, -0.2) is 35.4 Å². The first-order valence-corrected chi connectivity index (χ1v) is 6.64. The summed E-state index contributed by atoms with van der Waals surface area (Å²) in [6.07, 6.45) is 1.57. The molecule has 0 saturated carbocycles. The minimum Gasteiger partial charge on any atom is -0.384 e. The number of rotatable bonds is 6. The molecule has 5 nitrogen and oxygen atoms in total. The molecule has 0 aliphatic carbocycles. The van der Waals surface area contributed by atoms with Crippen LogP contribution in [0.25, 0.3) is 0 Å². The number of aliphatic hydroxyl groups is 1. The molecule has 1 aromatic rings. The number of hydrogen-bond acceptors (Lipinski definition) is 4. The fourth-order valence-electron chi connectivity index (χ4n) is 1.92. The quantitative estimate of drug-likeness (QED) is 0.818. The van der Waals surface area contributed by atoms with Crippen molar-refractivity contribution in [2.24, 2.45) is 0 Å². The van der Waals surface area contributed by atoms with Gasteiger partial charge in [0.1, 0.15) is 5.60 Å². The van der Waals surface area contributed by atoms with Crippen LogP contribution in [0.15, 0.2) is 10.7 Å². The standard InChI is InChI=1S/C12H21BrN2O3/c1-8(2)15-11(9(13)7-14-15)12(3,16)6-10(17-4)18-5/h7-8,10,16H,6H2,1-5H3. The van der Waals surface area contributed by atoms with E-state index in [1.807, 2.05) is 13.8 Å². The Kier molecular flexibility index (Phi) is 5.33. The van der Waals surface area contributed by atoms with E-state index in [-0.39, 0.29) is 6.04 Å². The van der Waals surface area contributed by atoms with Gasteiger partial charge in [-0.1, -0.05) is 0 Å². The molecule has 1 atom stereocenters. The lowest BCUT2D eigenvalue weighted by molar-refractivity contribution is -0.143. The summed E-state index contributed by atoms with van der Waals surface area (Å²) in [5, 5.41) is 14.9. The Morgan fingerprint density at radius 1 is 1.44 bits per heavy atom. The summed E-state index contributed by atoms with van der Waals surface area (Å²) in [6, 6.07) is 0.168. The van der Waals surface area contributed by atoms with Crippen LogP contribution in [0.2, 0.25) is 0 Å². The van der Waals surface area contributed by atoms with Crippen LogP contribution in [0.5, 0.6) is 0 Å². The highest BCUT2D eigenvalue weighted by Crippen LogP contribution is 2.34. The van der Waals surface area contributed by atoms with Crippen LogP contribution in [-0.2, 0) is 15.1 Å². The van der Waals surface area contributed by atoms with E-state index in [2.05, 4.69) is 21.0 Å². The van der Waals surface area contributed by atoms with Gasteiger partial charge in [0, 0.05) is 26.7 Å². The molecule has 0 amide bonds. The Bertz CT molecular complexity index is 387. The molecule has 1 aromatic heterocycles. The number of ether oxygens (including phenoxy) is 2. The Morgan fingerprint density at radius 3 is 2.44 bits per heavy atom.